The van der Waals surface area contributed by atoms with Crippen molar-refractivity contribution in [3.05, 3.63) is 71.7 Å². The maximum atomic E-state index is 12.6. The van der Waals surface area contributed by atoms with Gasteiger partial charge in [-0.15, -0.1) is 0 Å². The number of ether oxygens (including phenoxy) is 2. The van der Waals surface area contributed by atoms with Crippen LogP contribution in [0.2, 0.25) is 0 Å². The van der Waals surface area contributed by atoms with Crippen molar-refractivity contribution in [2.24, 2.45) is 10.7 Å². The molecule has 2 atom stereocenters. The van der Waals surface area contributed by atoms with Crippen molar-refractivity contribution in [3.8, 4) is 11.5 Å². The molecule has 2 heterocycles. The number of carbonyl (C=O) groups excluding carboxylic acids is 1. The molecule has 1 aliphatic rings. The highest BCUT2D eigenvalue weighted by Gasteiger charge is 2.28. The summed E-state index contributed by atoms with van der Waals surface area (Å²) in [6.07, 6.45) is 4.15. The molecule has 0 saturated carbocycles. The molecule has 2 unspecified atom stereocenters. The van der Waals surface area contributed by atoms with E-state index in [2.05, 4.69) is 27.4 Å². The third-order valence-electron chi connectivity index (χ3n) is 6.07. The van der Waals surface area contributed by atoms with Crippen molar-refractivity contribution in [1.82, 2.24) is 9.55 Å². The van der Waals surface area contributed by atoms with Crippen molar-refractivity contribution in [2.45, 2.75) is 44.8 Å². The minimum Gasteiger partial charge on any atom is -0.493 e. The number of hydrogen-bond donors (Lipinski definition) is 2. The van der Waals surface area contributed by atoms with E-state index in [9.17, 15) is 4.79 Å². The maximum absolute atomic E-state index is 12.6. The number of imidazole rings is 1. The van der Waals surface area contributed by atoms with Crippen LogP contribution in [0.5, 0.6) is 11.5 Å². The number of methoxy groups -OCH3 is 2. The molecule has 3 N–H and O–H groups in total. The quantitative estimate of drug-likeness (QED) is 0.472. The number of amidine groups is 1. The minimum atomic E-state index is -0.593. The molecule has 0 spiro atoms. The molecule has 8 nitrogen and oxygen atoms in total. The van der Waals surface area contributed by atoms with E-state index in [1.165, 1.54) is 5.56 Å². The Labute approximate surface area is 199 Å². The fourth-order valence-corrected chi connectivity index (χ4v) is 4.31. The Morgan fingerprint density at radius 3 is 2.59 bits per heavy atom. The van der Waals surface area contributed by atoms with Crippen molar-refractivity contribution in [3.63, 3.8) is 0 Å². The predicted octanol–water partition coefficient (Wildman–Crippen LogP) is 4.08. The second-order valence-electron chi connectivity index (χ2n) is 8.40. The lowest BCUT2D eigenvalue weighted by Crippen LogP contribution is -2.29. The topological polar surface area (TPSA) is 104 Å². The van der Waals surface area contributed by atoms with Gasteiger partial charge in [-0.25, -0.2) is 9.98 Å². The van der Waals surface area contributed by atoms with E-state index >= 15 is 0 Å². The third kappa shape index (κ3) is 5.12. The number of nitrogens with zero attached hydrogens (tertiary/aromatic N) is 3. The van der Waals surface area contributed by atoms with E-state index in [4.69, 9.17) is 15.2 Å². The summed E-state index contributed by atoms with van der Waals surface area (Å²) in [5.74, 6) is 2.86. The molecule has 0 aliphatic carbocycles. The molecular weight excluding hydrogens is 430 g/mol. The number of hydrogen-bond acceptors (Lipinski definition) is 7. The smallest absolute Gasteiger partial charge is 0.161 e. The standard InChI is InChI=1S/C26H31N5O3/c1-17(32)20(11-7-10-18-8-5-4-6-9-18)31-16-28-24-25(27)29-23(30-26(24)31)15-19-12-13-21(33-2)22(14-19)34-3/h4-6,8-9,12-14,16,20,25H,7,10-11,15,27H2,1-3H3,(H,29,30). The monoisotopic (exact) mass is 461 g/mol. The van der Waals surface area contributed by atoms with Crippen LogP contribution in [0.4, 0.5) is 5.82 Å². The van der Waals surface area contributed by atoms with Crippen molar-refractivity contribution < 1.29 is 14.3 Å². The van der Waals surface area contributed by atoms with Crippen LogP contribution in [0.1, 0.15) is 48.8 Å². The second-order valence-corrected chi connectivity index (χ2v) is 8.40. The number of ketones is 1. The number of nitrogens with one attached hydrogen (secondary N) is 1. The molecule has 4 rings (SSSR count). The molecule has 0 radical (unpaired) electrons. The molecule has 34 heavy (non-hydrogen) atoms. The Morgan fingerprint density at radius 1 is 1.12 bits per heavy atom. The molecule has 0 amide bonds. The number of Topliss-reactive ketones (excluding diaryl/α,β-unsaturated/α-hetero) is 1. The van der Waals surface area contributed by atoms with Gasteiger partial charge in [0.1, 0.15) is 23.5 Å². The summed E-state index contributed by atoms with van der Waals surface area (Å²) < 4.78 is 12.6. The highest BCUT2D eigenvalue weighted by Crippen LogP contribution is 2.32. The number of rotatable bonds is 10. The number of anilines is 1. The van der Waals surface area contributed by atoms with Gasteiger partial charge >= 0.3 is 0 Å². The molecule has 8 heteroatoms. The number of aliphatic imine (C=N–C) groups is 1. The summed E-state index contributed by atoms with van der Waals surface area (Å²) >= 11 is 0. The van der Waals surface area contributed by atoms with Gasteiger partial charge < -0.3 is 25.1 Å². The first-order valence-corrected chi connectivity index (χ1v) is 11.4. The zero-order valence-corrected chi connectivity index (χ0v) is 19.8. The molecule has 1 aromatic heterocycles. The zero-order chi connectivity index (χ0) is 24.1. The van der Waals surface area contributed by atoms with Crippen LogP contribution < -0.4 is 20.5 Å². The highest BCUT2D eigenvalue weighted by molar-refractivity contribution is 5.98. The lowest BCUT2D eigenvalue weighted by Gasteiger charge is -2.24. The van der Waals surface area contributed by atoms with Gasteiger partial charge in [0.2, 0.25) is 0 Å². The summed E-state index contributed by atoms with van der Waals surface area (Å²) in [4.78, 5) is 21.7. The fraction of sp³-hybridized carbons (Fsp3) is 0.346. The van der Waals surface area contributed by atoms with Gasteiger partial charge in [0.25, 0.3) is 0 Å². The summed E-state index contributed by atoms with van der Waals surface area (Å²) in [5.41, 5.74) is 9.23. The predicted molar refractivity (Wildman–Crippen MR) is 133 cm³/mol. The first-order chi connectivity index (χ1) is 16.5. The largest absolute Gasteiger partial charge is 0.493 e. The van der Waals surface area contributed by atoms with E-state index in [1.807, 2.05) is 41.0 Å². The third-order valence-corrected chi connectivity index (χ3v) is 6.07. The highest BCUT2D eigenvalue weighted by atomic mass is 16.5. The van der Waals surface area contributed by atoms with Gasteiger partial charge in [-0.3, -0.25) is 4.79 Å². The van der Waals surface area contributed by atoms with E-state index in [-0.39, 0.29) is 11.8 Å². The normalized spacial score (nSPS) is 15.6. The van der Waals surface area contributed by atoms with E-state index in [0.29, 0.717) is 35.9 Å². The summed E-state index contributed by atoms with van der Waals surface area (Å²) in [5, 5.41) is 3.38. The average molecular weight is 462 g/mol. The number of benzene rings is 2. The van der Waals surface area contributed by atoms with E-state index in [1.54, 1.807) is 27.5 Å². The fourth-order valence-electron chi connectivity index (χ4n) is 4.31. The first-order valence-electron chi connectivity index (χ1n) is 11.4. The molecule has 1 aliphatic heterocycles. The van der Waals surface area contributed by atoms with Crippen molar-refractivity contribution in [1.29, 1.82) is 0 Å². The maximum Gasteiger partial charge on any atom is 0.161 e. The number of nitrogens with two attached hydrogens (primary N) is 1. The Kier molecular flexibility index (Phi) is 7.27. The van der Waals surface area contributed by atoms with Gasteiger partial charge in [0.05, 0.1) is 26.6 Å². The van der Waals surface area contributed by atoms with Crippen molar-refractivity contribution in [2.75, 3.05) is 19.5 Å². The number of fused-ring (bicyclic) bond motifs is 1. The Hall–Kier alpha value is -3.65. The van der Waals surface area contributed by atoms with Gasteiger partial charge in [-0.1, -0.05) is 36.4 Å². The molecule has 3 aromatic rings. The Morgan fingerprint density at radius 2 is 1.88 bits per heavy atom. The van der Waals surface area contributed by atoms with Crippen molar-refractivity contribution >= 4 is 17.4 Å². The zero-order valence-electron chi connectivity index (χ0n) is 19.8. The molecule has 0 bridgehead atoms. The molecule has 178 valence electrons. The SMILES string of the molecule is COc1ccc(CC2=NC(N)c3ncn(C(CCCc4ccccc4)C(C)=O)c3N2)cc1OC. The van der Waals surface area contributed by atoms with Crippen LogP contribution in [-0.2, 0) is 17.6 Å². The second kappa shape index (κ2) is 10.5. The van der Waals surface area contributed by atoms with Gasteiger partial charge in [0.15, 0.2) is 17.3 Å². The molecule has 0 fully saturated rings. The summed E-state index contributed by atoms with van der Waals surface area (Å²) in [6, 6.07) is 15.7. The van der Waals surface area contributed by atoms with Gasteiger partial charge in [-0.2, -0.15) is 0 Å². The number of aryl methyl sites for hydroxylation is 1. The molecular formula is C26H31N5O3. The van der Waals surface area contributed by atoms with Crippen LogP contribution in [0.3, 0.4) is 0 Å². The molecule has 2 aromatic carbocycles. The van der Waals surface area contributed by atoms with Crippen LogP contribution in [-0.4, -0.2) is 35.4 Å². The van der Waals surface area contributed by atoms with Crippen LogP contribution in [0.25, 0.3) is 0 Å². The lowest BCUT2D eigenvalue weighted by molar-refractivity contribution is -0.120. The number of aromatic nitrogens is 2. The Balaban J connectivity index is 1.50. The van der Waals surface area contributed by atoms with E-state index < -0.39 is 6.17 Å². The Bertz CT molecular complexity index is 1170. The number of carbonyl (C=O) groups is 1. The summed E-state index contributed by atoms with van der Waals surface area (Å²) in [6.45, 7) is 1.63. The molecule has 0 saturated heterocycles. The van der Waals surface area contributed by atoms with Crippen LogP contribution >= 0.6 is 0 Å². The van der Waals surface area contributed by atoms with Gasteiger partial charge in [0, 0.05) is 6.42 Å². The van der Waals surface area contributed by atoms with Crippen LogP contribution in [0, 0.1) is 0 Å². The van der Waals surface area contributed by atoms with Gasteiger partial charge in [-0.05, 0) is 49.4 Å². The lowest BCUT2D eigenvalue weighted by atomic mass is 10.0. The first kappa shape index (κ1) is 23.5. The van der Waals surface area contributed by atoms with E-state index in [0.717, 1.165) is 24.2 Å². The summed E-state index contributed by atoms with van der Waals surface area (Å²) in [7, 11) is 3.22. The minimum absolute atomic E-state index is 0.0904. The van der Waals surface area contributed by atoms with Crippen LogP contribution in [0.15, 0.2) is 59.9 Å². The average Bonchev–Trinajstić information content (AvgIpc) is 3.26.